The number of rotatable bonds is 5. The Labute approximate surface area is 194 Å². The Bertz CT molecular complexity index is 1370. The Morgan fingerprint density at radius 3 is 2.44 bits per heavy atom. The van der Waals surface area contributed by atoms with Gasteiger partial charge in [-0.05, 0) is 36.8 Å². The molecule has 34 heavy (non-hydrogen) atoms. The fourth-order valence-corrected chi connectivity index (χ4v) is 3.76. The molecule has 1 aromatic heterocycles. The molecule has 0 aliphatic heterocycles. The smallest absolute Gasteiger partial charge is 0.432 e. The average Bonchev–Trinajstić information content (AvgIpc) is 2.69. The van der Waals surface area contributed by atoms with Gasteiger partial charge in [-0.3, -0.25) is 4.79 Å². The van der Waals surface area contributed by atoms with Gasteiger partial charge in [-0.15, -0.1) is 10.2 Å². The van der Waals surface area contributed by atoms with E-state index in [4.69, 9.17) is 21.1 Å². The maximum Gasteiger partial charge on any atom is 0.435 e. The van der Waals surface area contributed by atoms with E-state index in [-0.39, 0.29) is 10.6 Å². The zero-order valence-corrected chi connectivity index (χ0v) is 18.8. The molecule has 2 aromatic carbocycles. The van der Waals surface area contributed by atoms with Crippen LogP contribution in [0.15, 0.2) is 41.3 Å². The molecule has 0 fully saturated rings. The van der Waals surface area contributed by atoms with Gasteiger partial charge in [-0.25, -0.2) is 17.8 Å². The molecule has 3 aromatic rings. The van der Waals surface area contributed by atoms with Crippen molar-refractivity contribution in [3.8, 4) is 11.6 Å². The third-order valence-electron chi connectivity index (χ3n) is 4.38. The van der Waals surface area contributed by atoms with Gasteiger partial charge in [-0.1, -0.05) is 17.7 Å². The van der Waals surface area contributed by atoms with Crippen molar-refractivity contribution in [1.29, 1.82) is 4.78 Å². The number of hydrogen-bond acceptors (Lipinski definition) is 6. The number of nitrogens with one attached hydrogen (secondary N) is 2. The molecule has 3 rings (SSSR count). The highest BCUT2D eigenvalue weighted by Gasteiger charge is 2.38. The van der Waals surface area contributed by atoms with E-state index >= 15 is 0 Å². The first-order chi connectivity index (χ1) is 15.7. The summed E-state index contributed by atoms with van der Waals surface area (Å²) in [6.45, 7) is 0.932. The summed E-state index contributed by atoms with van der Waals surface area (Å²) < 4.78 is 92.4. The monoisotopic (exact) mass is 520 g/mol. The van der Waals surface area contributed by atoms with Gasteiger partial charge in [0, 0.05) is 22.9 Å². The number of hydrogen-bond donors (Lipinski definition) is 2. The molecule has 1 atom stereocenters. The van der Waals surface area contributed by atoms with E-state index in [9.17, 15) is 31.0 Å². The first-order valence-corrected chi connectivity index (χ1v) is 11.4. The predicted molar refractivity (Wildman–Crippen MR) is 113 cm³/mol. The second-order valence-corrected chi connectivity index (χ2v) is 9.54. The summed E-state index contributed by atoms with van der Waals surface area (Å²) in [7, 11) is -3.16. The van der Waals surface area contributed by atoms with Crippen LogP contribution < -0.4 is 10.1 Å². The molecule has 0 radical (unpaired) electrons. The van der Waals surface area contributed by atoms with Gasteiger partial charge in [0.25, 0.3) is 11.8 Å². The average molecular weight is 521 g/mol. The van der Waals surface area contributed by atoms with Crippen molar-refractivity contribution in [3.63, 3.8) is 0 Å². The highest BCUT2D eigenvalue weighted by Crippen LogP contribution is 2.37. The van der Waals surface area contributed by atoms with Crippen LogP contribution in [-0.2, 0) is 15.9 Å². The second kappa shape index (κ2) is 9.14. The highest BCUT2D eigenvalue weighted by molar-refractivity contribution is 7.91. The van der Waals surface area contributed by atoms with E-state index in [2.05, 4.69) is 15.5 Å². The molecule has 0 aliphatic carbocycles. The molecule has 0 saturated heterocycles. The molecule has 1 amide bonds. The van der Waals surface area contributed by atoms with Crippen molar-refractivity contribution in [1.82, 2.24) is 10.2 Å². The lowest BCUT2D eigenvalue weighted by Gasteiger charge is -2.16. The van der Waals surface area contributed by atoms with Gasteiger partial charge >= 0.3 is 6.18 Å². The molecular formula is C20H14ClF5N4O3S. The van der Waals surface area contributed by atoms with E-state index in [0.29, 0.717) is 12.1 Å². The minimum absolute atomic E-state index is 0.00559. The van der Waals surface area contributed by atoms with Crippen LogP contribution in [0.4, 0.5) is 27.6 Å². The fourth-order valence-electron chi connectivity index (χ4n) is 2.84. The van der Waals surface area contributed by atoms with Crippen molar-refractivity contribution in [2.45, 2.75) is 18.0 Å². The summed E-state index contributed by atoms with van der Waals surface area (Å²) in [6.07, 6.45) is -3.84. The quantitative estimate of drug-likeness (QED) is 0.413. The van der Waals surface area contributed by atoms with Crippen LogP contribution in [0.25, 0.3) is 0 Å². The Kier molecular flexibility index (Phi) is 6.80. The van der Waals surface area contributed by atoms with Crippen LogP contribution in [0.3, 0.4) is 0 Å². The molecule has 0 spiro atoms. The zero-order chi connectivity index (χ0) is 25.4. The van der Waals surface area contributed by atoms with Crippen molar-refractivity contribution in [2.75, 3.05) is 11.6 Å². The van der Waals surface area contributed by atoms with Crippen LogP contribution in [-0.4, -0.2) is 26.6 Å². The van der Waals surface area contributed by atoms with E-state index in [1.54, 1.807) is 0 Å². The third kappa shape index (κ3) is 5.42. The summed E-state index contributed by atoms with van der Waals surface area (Å²) in [4.78, 5) is 13.0. The Balaban J connectivity index is 2.11. The standard InChI is InChI=1S/C20H14ClF5N4O3S/c1-9-15(18(31)28-11-4-3-5-12(8-11)34(2,27)32)19(30-29-17(9)20(24,25)26)33-16-13(21)6-10(22)7-14(16)23/h3-8,27H,1-2H3,(H,28,31). The van der Waals surface area contributed by atoms with Crippen LogP contribution >= 0.6 is 11.6 Å². The maximum absolute atomic E-state index is 14.2. The molecule has 14 heteroatoms. The number of carbonyl (C=O) groups is 1. The number of carbonyl (C=O) groups excluding carboxylic acids is 1. The van der Waals surface area contributed by atoms with Gasteiger partial charge in [0.2, 0.25) is 0 Å². The minimum atomic E-state index is -4.98. The first kappa shape index (κ1) is 25.3. The summed E-state index contributed by atoms with van der Waals surface area (Å²) in [6, 6.07) is 6.42. The topological polar surface area (TPSA) is 105 Å². The summed E-state index contributed by atoms with van der Waals surface area (Å²) in [5.41, 5.74) is -2.93. The van der Waals surface area contributed by atoms with Crippen molar-refractivity contribution < 1.29 is 35.7 Å². The second-order valence-electron chi connectivity index (χ2n) is 6.98. The van der Waals surface area contributed by atoms with Crippen LogP contribution in [0.5, 0.6) is 11.6 Å². The Morgan fingerprint density at radius 1 is 1.18 bits per heavy atom. The summed E-state index contributed by atoms with van der Waals surface area (Å²) in [5.74, 6) is -5.10. The van der Waals surface area contributed by atoms with E-state index < -0.39 is 66.9 Å². The van der Waals surface area contributed by atoms with E-state index in [1.807, 2.05) is 0 Å². The molecule has 1 unspecified atom stereocenters. The zero-order valence-electron chi connectivity index (χ0n) is 17.3. The lowest BCUT2D eigenvalue weighted by atomic mass is 10.1. The number of nitrogens with zero attached hydrogens (tertiary/aromatic N) is 2. The molecule has 1 heterocycles. The SMILES string of the molecule is Cc1c(C(F)(F)F)nnc(Oc2c(F)cc(F)cc2Cl)c1C(=O)Nc1cccc(S(C)(=N)=O)c1. The maximum atomic E-state index is 14.2. The summed E-state index contributed by atoms with van der Waals surface area (Å²) in [5, 5.41) is 8.05. The third-order valence-corrected chi connectivity index (χ3v) is 5.82. The normalized spacial score (nSPS) is 13.3. The number of alkyl halides is 3. The minimum Gasteiger partial charge on any atom is -0.432 e. The van der Waals surface area contributed by atoms with Crippen LogP contribution in [0, 0.1) is 23.3 Å². The Hall–Kier alpha value is -3.32. The van der Waals surface area contributed by atoms with Gasteiger partial charge in [0.1, 0.15) is 11.4 Å². The van der Waals surface area contributed by atoms with Gasteiger partial charge in [0.05, 0.1) is 14.8 Å². The lowest BCUT2D eigenvalue weighted by Crippen LogP contribution is -2.21. The van der Waals surface area contributed by atoms with Gasteiger partial charge < -0.3 is 10.1 Å². The Morgan fingerprint density at radius 2 is 1.85 bits per heavy atom. The molecular weight excluding hydrogens is 507 g/mol. The molecule has 2 N–H and O–H groups in total. The molecule has 0 saturated carbocycles. The number of halogens is 6. The number of anilines is 1. The van der Waals surface area contributed by atoms with Crippen molar-refractivity contribution in [3.05, 3.63) is 69.9 Å². The number of amides is 1. The summed E-state index contributed by atoms with van der Waals surface area (Å²) >= 11 is 5.77. The fraction of sp³-hybridized carbons (Fsp3) is 0.150. The van der Waals surface area contributed by atoms with Gasteiger partial charge in [0.15, 0.2) is 17.3 Å². The predicted octanol–water partition coefficient (Wildman–Crippen LogP) is 5.82. The molecule has 7 nitrogen and oxygen atoms in total. The molecule has 180 valence electrons. The van der Waals surface area contributed by atoms with Crippen molar-refractivity contribution >= 4 is 32.9 Å². The molecule has 0 aliphatic rings. The van der Waals surface area contributed by atoms with Crippen LogP contribution in [0.2, 0.25) is 5.02 Å². The molecule has 0 bridgehead atoms. The highest BCUT2D eigenvalue weighted by atomic mass is 35.5. The van der Waals surface area contributed by atoms with E-state index in [1.165, 1.54) is 24.3 Å². The largest absolute Gasteiger partial charge is 0.435 e. The van der Waals surface area contributed by atoms with Gasteiger partial charge in [-0.2, -0.15) is 13.2 Å². The van der Waals surface area contributed by atoms with Crippen LogP contribution in [0.1, 0.15) is 21.6 Å². The van der Waals surface area contributed by atoms with Crippen molar-refractivity contribution in [2.24, 2.45) is 0 Å². The number of benzene rings is 2. The first-order valence-electron chi connectivity index (χ1n) is 9.10. The lowest BCUT2D eigenvalue weighted by molar-refractivity contribution is -0.142. The number of aromatic nitrogens is 2. The number of ether oxygens (including phenoxy) is 1. The van der Waals surface area contributed by atoms with E-state index in [0.717, 1.165) is 13.2 Å².